The Morgan fingerprint density at radius 3 is 2.28 bits per heavy atom. The highest BCUT2D eigenvalue weighted by atomic mass is 32.2. The van der Waals surface area contributed by atoms with Crippen LogP contribution in [-0.4, -0.2) is 32.9 Å². The van der Waals surface area contributed by atoms with E-state index >= 15 is 0 Å². The van der Waals surface area contributed by atoms with Crippen molar-refractivity contribution in [3.05, 3.63) is 59.2 Å². The first-order valence-electron chi connectivity index (χ1n) is 9.22. The lowest BCUT2D eigenvalue weighted by molar-refractivity contribution is -0.152. The lowest BCUT2D eigenvalue weighted by Crippen LogP contribution is -2.32. The maximum absolute atomic E-state index is 12.3. The van der Waals surface area contributed by atoms with E-state index in [-0.39, 0.29) is 17.9 Å². The van der Waals surface area contributed by atoms with E-state index in [1.54, 1.807) is 12.1 Å². The van der Waals surface area contributed by atoms with Crippen molar-refractivity contribution in [1.29, 1.82) is 0 Å². The van der Waals surface area contributed by atoms with E-state index in [1.165, 1.54) is 19.1 Å². The molecule has 0 unspecified atom stereocenters. The molecule has 0 aliphatic heterocycles. The standard InChI is InChI=1S/C21H26N2O5S/c1-14-6-9-18(10-7-14)29(26,27)22-12-11-20(24)28-17(4)21(25)23-19-13-15(2)5-8-16(19)3/h5-10,13,17,22H,11-12H2,1-4H3,(H,23,25)/t17-/m1/s1. The maximum atomic E-state index is 12.3. The van der Waals surface area contributed by atoms with Gasteiger partial charge in [0.05, 0.1) is 11.3 Å². The van der Waals surface area contributed by atoms with E-state index in [4.69, 9.17) is 4.74 Å². The maximum Gasteiger partial charge on any atom is 0.307 e. The number of esters is 1. The molecule has 0 radical (unpaired) electrons. The summed E-state index contributed by atoms with van der Waals surface area (Å²) in [6.45, 7) is 6.98. The molecule has 2 aromatic carbocycles. The number of anilines is 1. The first kappa shape index (κ1) is 22.6. The molecule has 29 heavy (non-hydrogen) atoms. The monoisotopic (exact) mass is 418 g/mol. The van der Waals surface area contributed by atoms with Crippen molar-refractivity contribution in [3.8, 4) is 0 Å². The van der Waals surface area contributed by atoms with Gasteiger partial charge in [-0.25, -0.2) is 13.1 Å². The summed E-state index contributed by atoms with van der Waals surface area (Å²) in [6, 6.07) is 12.0. The van der Waals surface area contributed by atoms with Crippen LogP contribution in [0.5, 0.6) is 0 Å². The second kappa shape index (κ2) is 9.67. The average Bonchev–Trinajstić information content (AvgIpc) is 2.64. The third kappa shape index (κ3) is 6.69. The predicted molar refractivity (Wildman–Crippen MR) is 111 cm³/mol. The Balaban J connectivity index is 1.83. The Hall–Kier alpha value is -2.71. The molecule has 8 heteroatoms. The van der Waals surface area contributed by atoms with Crippen molar-refractivity contribution in [3.63, 3.8) is 0 Å². The number of ether oxygens (including phenoxy) is 1. The van der Waals surface area contributed by atoms with Crippen molar-refractivity contribution in [1.82, 2.24) is 4.72 Å². The van der Waals surface area contributed by atoms with Crippen LogP contribution in [-0.2, 0) is 24.3 Å². The third-order valence-corrected chi connectivity index (χ3v) is 5.76. The van der Waals surface area contributed by atoms with Crippen molar-refractivity contribution >= 4 is 27.6 Å². The normalized spacial score (nSPS) is 12.3. The highest BCUT2D eigenvalue weighted by Gasteiger charge is 2.19. The summed E-state index contributed by atoms with van der Waals surface area (Å²) in [5, 5.41) is 2.73. The molecule has 2 aromatic rings. The second-order valence-electron chi connectivity index (χ2n) is 6.90. The van der Waals surface area contributed by atoms with Crippen LogP contribution in [0.3, 0.4) is 0 Å². The van der Waals surface area contributed by atoms with Crippen LogP contribution >= 0.6 is 0 Å². The van der Waals surface area contributed by atoms with E-state index in [0.717, 1.165) is 16.7 Å². The van der Waals surface area contributed by atoms with Gasteiger partial charge in [-0.15, -0.1) is 0 Å². The quantitative estimate of drug-likeness (QED) is 0.642. The molecule has 0 aliphatic carbocycles. The van der Waals surface area contributed by atoms with Crippen LogP contribution in [0.4, 0.5) is 5.69 Å². The smallest absolute Gasteiger partial charge is 0.307 e. The molecule has 1 amide bonds. The molecule has 0 heterocycles. The molecule has 1 atom stereocenters. The van der Waals surface area contributed by atoms with Gasteiger partial charge in [-0.2, -0.15) is 0 Å². The van der Waals surface area contributed by atoms with Gasteiger partial charge in [-0.1, -0.05) is 29.8 Å². The predicted octanol–water partition coefficient (Wildman–Crippen LogP) is 2.85. The van der Waals surface area contributed by atoms with Crippen LogP contribution < -0.4 is 10.0 Å². The Morgan fingerprint density at radius 2 is 1.62 bits per heavy atom. The van der Waals surface area contributed by atoms with Gasteiger partial charge < -0.3 is 10.1 Å². The number of hydrogen-bond acceptors (Lipinski definition) is 5. The van der Waals surface area contributed by atoms with Crippen LogP contribution in [0, 0.1) is 20.8 Å². The Labute approximate surface area is 171 Å². The number of benzene rings is 2. The summed E-state index contributed by atoms with van der Waals surface area (Å²) in [7, 11) is -3.70. The second-order valence-corrected chi connectivity index (χ2v) is 8.67. The number of carbonyl (C=O) groups excluding carboxylic acids is 2. The van der Waals surface area contributed by atoms with Gasteiger partial charge >= 0.3 is 5.97 Å². The van der Waals surface area contributed by atoms with E-state index in [1.807, 2.05) is 39.0 Å². The van der Waals surface area contributed by atoms with Crippen LogP contribution in [0.1, 0.15) is 30.0 Å². The van der Waals surface area contributed by atoms with Crippen LogP contribution in [0.2, 0.25) is 0 Å². The highest BCUT2D eigenvalue weighted by Crippen LogP contribution is 2.17. The van der Waals surface area contributed by atoms with Crippen molar-refractivity contribution < 1.29 is 22.7 Å². The zero-order valence-corrected chi connectivity index (χ0v) is 17.8. The average molecular weight is 419 g/mol. The van der Waals surface area contributed by atoms with Crippen LogP contribution in [0.25, 0.3) is 0 Å². The molecular formula is C21H26N2O5S. The minimum atomic E-state index is -3.70. The fourth-order valence-corrected chi connectivity index (χ4v) is 3.53. The molecule has 0 aliphatic rings. The molecule has 2 rings (SSSR count). The number of nitrogens with one attached hydrogen (secondary N) is 2. The molecule has 0 aromatic heterocycles. The van der Waals surface area contributed by atoms with Gasteiger partial charge in [0.15, 0.2) is 6.10 Å². The number of hydrogen-bond donors (Lipinski definition) is 2. The largest absolute Gasteiger partial charge is 0.452 e. The third-order valence-electron chi connectivity index (χ3n) is 4.28. The molecule has 0 spiro atoms. The molecule has 7 nitrogen and oxygen atoms in total. The summed E-state index contributed by atoms with van der Waals surface area (Å²) >= 11 is 0. The van der Waals surface area contributed by atoms with E-state index in [9.17, 15) is 18.0 Å². The van der Waals surface area contributed by atoms with Gasteiger partial charge in [-0.3, -0.25) is 9.59 Å². The van der Waals surface area contributed by atoms with Crippen molar-refractivity contribution in [2.75, 3.05) is 11.9 Å². The Morgan fingerprint density at radius 1 is 1.00 bits per heavy atom. The number of carbonyl (C=O) groups is 2. The molecule has 0 saturated carbocycles. The number of rotatable bonds is 8. The van der Waals surface area contributed by atoms with Crippen LogP contribution in [0.15, 0.2) is 47.4 Å². The van der Waals surface area contributed by atoms with Gasteiger partial charge in [0.25, 0.3) is 5.91 Å². The fraction of sp³-hybridized carbons (Fsp3) is 0.333. The molecule has 2 N–H and O–H groups in total. The number of amides is 1. The summed E-state index contributed by atoms with van der Waals surface area (Å²) in [5.74, 6) is -1.12. The topological polar surface area (TPSA) is 102 Å². The lowest BCUT2D eigenvalue weighted by Gasteiger charge is -2.15. The zero-order valence-electron chi connectivity index (χ0n) is 17.0. The SMILES string of the molecule is Cc1ccc(S(=O)(=O)NCCC(=O)O[C@H](C)C(=O)Nc2cc(C)ccc2C)cc1. The molecule has 0 fully saturated rings. The molecule has 0 bridgehead atoms. The van der Waals surface area contributed by atoms with E-state index in [2.05, 4.69) is 10.0 Å². The van der Waals surface area contributed by atoms with Gasteiger partial charge in [-0.05, 0) is 57.0 Å². The Kier molecular flexibility index (Phi) is 7.53. The Bertz CT molecular complexity index is 985. The van der Waals surface area contributed by atoms with Gasteiger partial charge in [0, 0.05) is 12.2 Å². The number of sulfonamides is 1. The number of aryl methyl sites for hydroxylation is 3. The molecule has 156 valence electrons. The lowest BCUT2D eigenvalue weighted by atomic mass is 10.1. The van der Waals surface area contributed by atoms with E-state index in [0.29, 0.717) is 5.69 Å². The molecule has 0 saturated heterocycles. The van der Waals surface area contributed by atoms with Gasteiger partial charge in [0.2, 0.25) is 10.0 Å². The molecular weight excluding hydrogens is 392 g/mol. The summed E-state index contributed by atoms with van der Waals surface area (Å²) in [5.41, 5.74) is 3.49. The summed E-state index contributed by atoms with van der Waals surface area (Å²) in [4.78, 5) is 24.3. The first-order chi connectivity index (χ1) is 13.6. The van der Waals surface area contributed by atoms with Crippen molar-refractivity contribution in [2.45, 2.75) is 45.1 Å². The fourth-order valence-electron chi connectivity index (χ4n) is 2.50. The van der Waals surface area contributed by atoms with E-state index < -0.39 is 28.0 Å². The minimum absolute atomic E-state index is 0.123. The summed E-state index contributed by atoms with van der Waals surface area (Å²) in [6.07, 6.45) is -1.19. The highest BCUT2D eigenvalue weighted by molar-refractivity contribution is 7.89. The summed E-state index contributed by atoms with van der Waals surface area (Å²) < 4.78 is 31.8. The first-order valence-corrected chi connectivity index (χ1v) is 10.7. The zero-order chi connectivity index (χ0) is 21.6. The van der Waals surface area contributed by atoms with Gasteiger partial charge in [0.1, 0.15) is 0 Å². The minimum Gasteiger partial charge on any atom is -0.452 e. The van der Waals surface area contributed by atoms with Crippen molar-refractivity contribution in [2.24, 2.45) is 0 Å².